The van der Waals surface area contributed by atoms with Gasteiger partial charge < -0.3 is 18.1 Å². The molecule has 0 radical (unpaired) electrons. The van der Waals surface area contributed by atoms with E-state index in [9.17, 15) is 9.13 Å². The van der Waals surface area contributed by atoms with Crippen molar-refractivity contribution in [2.45, 2.75) is 40.0 Å². The van der Waals surface area contributed by atoms with Gasteiger partial charge in [-0.15, -0.1) is 0 Å². The van der Waals surface area contributed by atoms with Crippen molar-refractivity contribution in [2.24, 2.45) is 0 Å². The van der Waals surface area contributed by atoms with Gasteiger partial charge in [-0.1, -0.05) is 97.1 Å². The summed E-state index contributed by atoms with van der Waals surface area (Å²) >= 11 is 0. The molecular formula is C34H40O6P2. The normalized spacial score (nSPS) is 12.0. The fraction of sp³-hybridized carbons (Fsp3) is 0.294. The Hall–Kier alpha value is -2.82. The Morgan fingerprint density at radius 1 is 0.381 bits per heavy atom. The summed E-state index contributed by atoms with van der Waals surface area (Å²) in [5, 5.41) is 0. The van der Waals surface area contributed by atoms with E-state index in [-0.39, 0.29) is 12.3 Å². The molecule has 0 N–H and O–H groups in total. The molecule has 0 saturated heterocycles. The molecule has 0 aromatic heterocycles. The largest absolute Gasteiger partial charge is 0.335 e. The van der Waals surface area contributed by atoms with Crippen LogP contribution >= 0.6 is 15.2 Å². The van der Waals surface area contributed by atoms with E-state index in [1.807, 2.05) is 76.2 Å². The van der Waals surface area contributed by atoms with Crippen molar-refractivity contribution >= 4 is 15.2 Å². The molecule has 0 saturated carbocycles. The Morgan fingerprint density at radius 2 is 0.571 bits per heavy atom. The van der Waals surface area contributed by atoms with Gasteiger partial charge in [-0.25, -0.2) is 0 Å². The van der Waals surface area contributed by atoms with Crippen molar-refractivity contribution in [2.75, 3.05) is 26.4 Å². The first-order valence-electron chi connectivity index (χ1n) is 14.5. The molecule has 0 aliphatic heterocycles. The van der Waals surface area contributed by atoms with Crippen LogP contribution in [0.1, 0.15) is 38.8 Å². The Morgan fingerprint density at radius 3 is 0.762 bits per heavy atom. The van der Waals surface area contributed by atoms with Crippen molar-refractivity contribution < 1.29 is 27.2 Å². The van der Waals surface area contributed by atoms with Crippen LogP contribution in [0.5, 0.6) is 0 Å². The van der Waals surface area contributed by atoms with Gasteiger partial charge in [0.25, 0.3) is 0 Å². The third-order valence-electron chi connectivity index (χ3n) is 6.73. The maximum atomic E-state index is 12.8. The first-order chi connectivity index (χ1) is 20.3. The molecule has 8 heteroatoms. The van der Waals surface area contributed by atoms with E-state index < -0.39 is 15.2 Å². The number of hydrogen-bond donors (Lipinski definition) is 0. The predicted molar refractivity (Wildman–Crippen MR) is 172 cm³/mol. The summed E-state index contributed by atoms with van der Waals surface area (Å²) in [6, 6.07) is 33.1. The lowest BCUT2D eigenvalue weighted by Crippen LogP contribution is -1.99. The number of rotatable bonds is 15. The summed E-state index contributed by atoms with van der Waals surface area (Å²) < 4.78 is 47.4. The van der Waals surface area contributed by atoms with Crippen LogP contribution in [0.3, 0.4) is 0 Å². The van der Waals surface area contributed by atoms with Gasteiger partial charge in [-0.05, 0) is 72.2 Å². The predicted octanol–water partition coefficient (Wildman–Crippen LogP) is 10.2. The maximum absolute atomic E-state index is 12.8. The standard InChI is InChI=1S/C34H40O6P2/c1-5-37-41(35,38-6-2)25-27-9-13-29(14-10-27)31-17-21-33(22-18-31)34-23-19-32(20-24-34)30-15-11-28(12-16-30)26-42(36,39-7-3)40-8-4/h9-24H,5-8,25-26H2,1-4H3. The van der Waals surface area contributed by atoms with Crippen molar-refractivity contribution in [1.29, 1.82) is 0 Å². The zero-order chi connectivity index (χ0) is 30.0. The first-order valence-corrected chi connectivity index (χ1v) is 17.9. The average molecular weight is 607 g/mol. The lowest BCUT2D eigenvalue weighted by molar-refractivity contribution is 0.218. The summed E-state index contributed by atoms with van der Waals surface area (Å²) in [5.41, 5.74) is 8.51. The molecule has 4 rings (SSSR count). The van der Waals surface area contributed by atoms with Gasteiger partial charge in [0.05, 0.1) is 38.8 Å². The van der Waals surface area contributed by atoms with Gasteiger partial charge in [0.15, 0.2) is 0 Å². The van der Waals surface area contributed by atoms with Crippen molar-refractivity contribution in [3.8, 4) is 33.4 Å². The van der Waals surface area contributed by atoms with Gasteiger partial charge in [-0.3, -0.25) is 9.13 Å². The summed E-state index contributed by atoms with van der Waals surface area (Å²) in [6.07, 6.45) is 0.524. The maximum Gasteiger partial charge on any atom is 0.335 e. The molecule has 0 bridgehead atoms. The topological polar surface area (TPSA) is 71.1 Å². The van der Waals surface area contributed by atoms with Crippen LogP contribution in [0.4, 0.5) is 0 Å². The highest BCUT2D eigenvalue weighted by Crippen LogP contribution is 2.52. The zero-order valence-electron chi connectivity index (χ0n) is 24.8. The van der Waals surface area contributed by atoms with Gasteiger partial charge in [-0.2, -0.15) is 0 Å². The zero-order valence-corrected chi connectivity index (χ0v) is 26.6. The van der Waals surface area contributed by atoms with Crippen LogP contribution in [-0.4, -0.2) is 26.4 Å². The van der Waals surface area contributed by atoms with Crippen LogP contribution in [0.15, 0.2) is 97.1 Å². The summed E-state index contributed by atoms with van der Waals surface area (Å²) in [4.78, 5) is 0. The minimum Gasteiger partial charge on any atom is -0.309 e. The molecule has 0 aliphatic rings. The molecule has 4 aromatic rings. The van der Waals surface area contributed by atoms with Gasteiger partial charge >= 0.3 is 15.2 Å². The minimum absolute atomic E-state index is 0.262. The molecule has 0 heterocycles. The van der Waals surface area contributed by atoms with E-state index in [2.05, 4.69) is 48.5 Å². The van der Waals surface area contributed by atoms with E-state index >= 15 is 0 Å². The lowest BCUT2D eigenvalue weighted by Gasteiger charge is -2.17. The third-order valence-corrected chi connectivity index (χ3v) is 10.8. The molecule has 42 heavy (non-hydrogen) atoms. The smallest absolute Gasteiger partial charge is 0.309 e. The number of hydrogen-bond acceptors (Lipinski definition) is 6. The highest BCUT2D eigenvalue weighted by Gasteiger charge is 2.25. The van der Waals surface area contributed by atoms with Crippen LogP contribution in [0, 0.1) is 0 Å². The second kappa shape index (κ2) is 15.1. The van der Waals surface area contributed by atoms with Crippen molar-refractivity contribution in [1.82, 2.24) is 0 Å². The van der Waals surface area contributed by atoms with Crippen LogP contribution in [-0.2, 0) is 39.5 Å². The third kappa shape index (κ3) is 8.61. The summed E-state index contributed by atoms with van der Waals surface area (Å²) in [5.74, 6) is 0. The quantitative estimate of drug-likeness (QED) is 0.125. The second-order valence-electron chi connectivity index (χ2n) is 9.76. The molecule has 0 unspecified atom stereocenters. The highest BCUT2D eigenvalue weighted by atomic mass is 31.2. The molecular weight excluding hydrogens is 566 g/mol. The van der Waals surface area contributed by atoms with Gasteiger partial charge in [0, 0.05) is 0 Å². The fourth-order valence-corrected chi connectivity index (χ4v) is 8.21. The van der Waals surface area contributed by atoms with Crippen molar-refractivity contribution in [3.63, 3.8) is 0 Å². The molecule has 0 fully saturated rings. The second-order valence-corrected chi connectivity index (χ2v) is 13.9. The molecule has 4 aromatic carbocycles. The summed E-state index contributed by atoms with van der Waals surface area (Å²) in [6.45, 7) is 8.70. The SMILES string of the molecule is CCOP(=O)(Cc1ccc(-c2ccc(-c3ccc(-c4ccc(CP(=O)(OCC)OCC)cc4)cc3)cc2)cc1)OCC. The Balaban J connectivity index is 1.41. The van der Waals surface area contributed by atoms with E-state index in [0.29, 0.717) is 26.4 Å². The summed E-state index contributed by atoms with van der Waals surface area (Å²) in [7, 11) is -6.25. The molecule has 0 atom stereocenters. The Bertz CT molecular complexity index is 1360. The van der Waals surface area contributed by atoms with Gasteiger partial charge in [0.2, 0.25) is 0 Å². The van der Waals surface area contributed by atoms with Crippen LogP contribution in [0.25, 0.3) is 33.4 Å². The molecule has 222 valence electrons. The molecule has 0 spiro atoms. The fourth-order valence-electron chi connectivity index (χ4n) is 4.81. The lowest BCUT2D eigenvalue weighted by atomic mass is 9.97. The molecule has 0 amide bonds. The van der Waals surface area contributed by atoms with Crippen molar-refractivity contribution in [3.05, 3.63) is 108 Å². The monoisotopic (exact) mass is 606 g/mol. The van der Waals surface area contributed by atoms with E-state index in [1.165, 1.54) is 0 Å². The van der Waals surface area contributed by atoms with Crippen LogP contribution < -0.4 is 0 Å². The molecule has 0 aliphatic carbocycles. The average Bonchev–Trinajstić information content (AvgIpc) is 2.98. The van der Waals surface area contributed by atoms with Crippen LogP contribution in [0.2, 0.25) is 0 Å². The Kier molecular flexibility index (Phi) is 11.5. The van der Waals surface area contributed by atoms with Gasteiger partial charge in [0.1, 0.15) is 0 Å². The number of benzene rings is 4. The Labute approximate surface area is 250 Å². The highest BCUT2D eigenvalue weighted by molar-refractivity contribution is 7.53. The van der Waals surface area contributed by atoms with E-state index in [1.54, 1.807) is 0 Å². The first kappa shape index (κ1) is 32.1. The van der Waals surface area contributed by atoms with E-state index in [0.717, 1.165) is 44.5 Å². The van der Waals surface area contributed by atoms with E-state index in [4.69, 9.17) is 18.1 Å². The minimum atomic E-state index is -3.13. The molecule has 6 nitrogen and oxygen atoms in total.